The molecule has 0 saturated heterocycles. The van der Waals surface area contributed by atoms with Crippen LogP contribution in [0.4, 0.5) is 0 Å². The van der Waals surface area contributed by atoms with E-state index in [2.05, 4.69) is 32.9 Å². The van der Waals surface area contributed by atoms with Crippen molar-refractivity contribution in [1.29, 1.82) is 5.41 Å². The van der Waals surface area contributed by atoms with Gasteiger partial charge in [0.05, 0.1) is 30.7 Å². The highest BCUT2D eigenvalue weighted by Gasteiger charge is 2.26. The van der Waals surface area contributed by atoms with Gasteiger partial charge in [0.2, 0.25) is 5.62 Å². The zero-order valence-electron chi connectivity index (χ0n) is 20.5. The first-order valence-electron chi connectivity index (χ1n) is 11.9. The van der Waals surface area contributed by atoms with Crippen molar-refractivity contribution < 1.29 is 9.53 Å². The molecule has 0 bridgehead atoms. The fourth-order valence-electron chi connectivity index (χ4n) is 4.82. The molecule has 0 fully saturated rings. The quantitative estimate of drug-likeness (QED) is 0.317. The van der Waals surface area contributed by atoms with Gasteiger partial charge in [-0.15, -0.1) is 17.0 Å². The molecule has 0 saturated carbocycles. The Morgan fingerprint density at radius 1 is 0.971 bits per heavy atom. The Kier molecular flexibility index (Phi) is 7.04. The van der Waals surface area contributed by atoms with Crippen LogP contribution in [0, 0.1) is 5.41 Å². The third-order valence-corrected chi connectivity index (χ3v) is 6.59. The summed E-state index contributed by atoms with van der Waals surface area (Å²) in [4.78, 5) is 13.6. The van der Waals surface area contributed by atoms with Gasteiger partial charge in [-0.2, -0.15) is 0 Å². The van der Waals surface area contributed by atoms with E-state index < -0.39 is 0 Å². The Morgan fingerprint density at radius 2 is 1.63 bits per heavy atom. The molecular formula is C29H32BrN3O2. The van der Waals surface area contributed by atoms with Gasteiger partial charge in [0.1, 0.15) is 5.75 Å². The van der Waals surface area contributed by atoms with Crippen LogP contribution in [0.1, 0.15) is 54.2 Å². The molecule has 0 amide bonds. The zero-order chi connectivity index (χ0) is 23.9. The highest BCUT2D eigenvalue weighted by molar-refractivity contribution is 8.93. The van der Waals surface area contributed by atoms with Gasteiger partial charge in [-0.05, 0) is 53.6 Å². The Hall–Kier alpha value is -3.12. The number of aromatic nitrogens is 2. The highest BCUT2D eigenvalue weighted by atomic mass is 79.9. The lowest BCUT2D eigenvalue weighted by molar-refractivity contribution is 0.0971. The van der Waals surface area contributed by atoms with Gasteiger partial charge in [0, 0.05) is 11.1 Å². The molecule has 1 aliphatic rings. The summed E-state index contributed by atoms with van der Waals surface area (Å²) in [5.74, 6) is 0.962. The largest absolute Gasteiger partial charge is 0.493 e. The normalized spacial score (nSPS) is 13.1. The first-order chi connectivity index (χ1) is 16.3. The summed E-state index contributed by atoms with van der Waals surface area (Å²) < 4.78 is 9.82. The predicted octanol–water partition coefficient (Wildman–Crippen LogP) is 6.05. The number of fused-ring (bicyclic) bond motifs is 2. The van der Waals surface area contributed by atoms with Crippen LogP contribution in [0.2, 0.25) is 0 Å². The van der Waals surface area contributed by atoms with Crippen LogP contribution in [0.15, 0.2) is 66.7 Å². The van der Waals surface area contributed by atoms with Crippen molar-refractivity contribution in [3.8, 4) is 5.75 Å². The molecule has 2 heterocycles. The van der Waals surface area contributed by atoms with Gasteiger partial charge < -0.3 is 13.9 Å². The molecule has 5 nitrogen and oxygen atoms in total. The maximum Gasteiger partial charge on any atom is 0.203 e. The van der Waals surface area contributed by atoms with Crippen LogP contribution in [0.25, 0.3) is 11.0 Å². The van der Waals surface area contributed by atoms with E-state index in [0.717, 1.165) is 52.9 Å². The fraction of sp³-hybridized carbons (Fsp3) is 0.310. The number of carbonyl (C=O) groups excluding carboxylic acids is 1. The minimum absolute atomic E-state index is 0. The molecule has 1 aromatic heterocycles. The van der Waals surface area contributed by atoms with Crippen molar-refractivity contribution >= 4 is 33.8 Å². The van der Waals surface area contributed by atoms with Crippen LogP contribution in [0.3, 0.4) is 0 Å². The summed E-state index contributed by atoms with van der Waals surface area (Å²) in [5, 5.41) is 8.93. The predicted molar refractivity (Wildman–Crippen MR) is 145 cm³/mol. The lowest BCUT2D eigenvalue weighted by Gasteiger charge is -2.28. The maximum absolute atomic E-state index is 13.6. The van der Waals surface area contributed by atoms with Crippen molar-refractivity contribution in [2.75, 3.05) is 6.61 Å². The van der Waals surface area contributed by atoms with Gasteiger partial charge in [0.25, 0.3) is 0 Å². The van der Waals surface area contributed by atoms with Gasteiger partial charge in [-0.25, -0.2) is 0 Å². The van der Waals surface area contributed by atoms with E-state index >= 15 is 0 Å². The van der Waals surface area contributed by atoms with E-state index in [1.165, 1.54) is 0 Å². The average molecular weight is 534 g/mol. The van der Waals surface area contributed by atoms with Gasteiger partial charge in [-0.3, -0.25) is 10.2 Å². The average Bonchev–Trinajstić information content (AvgIpc) is 3.09. The number of hydrogen-bond acceptors (Lipinski definition) is 3. The Labute approximate surface area is 216 Å². The molecule has 6 heteroatoms. The van der Waals surface area contributed by atoms with E-state index in [-0.39, 0.29) is 34.7 Å². The number of rotatable bonds is 5. The number of nitrogens with one attached hydrogen (secondary N) is 1. The van der Waals surface area contributed by atoms with E-state index in [1.807, 2.05) is 63.7 Å². The molecule has 0 radical (unpaired) electrons. The number of Topliss-reactive ketones (excluding diaryl/α,β-unsaturated/α-hetero) is 1. The van der Waals surface area contributed by atoms with Crippen molar-refractivity contribution in [3.05, 3.63) is 94.6 Å². The lowest BCUT2D eigenvalue weighted by Crippen LogP contribution is -2.28. The molecule has 182 valence electrons. The minimum atomic E-state index is -0.128. The van der Waals surface area contributed by atoms with E-state index in [1.54, 1.807) is 0 Å². The fourth-order valence-corrected chi connectivity index (χ4v) is 4.82. The lowest BCUT2D eigenvalue weighted by atomic mass is 9.82. The van der Waals surface area contributed by atoms with Crippen LogP contribution in [-0.2, 0) is 24.9 Å². The smallest absolute Gasteiger partial charge is 0.203 e. The Balaban J connectivity index is 0.00000289. The summed E-state index contributed by atoms with van der Waals surface area (Å²) >= 11 is 0. The number of ether oxygens (including phenoxy) is 1. The summed E-state index contributed by atoms with van der Waals surface area (Å²) in [6, 6.07) is 22.1. The van der Waals surface area contributed by atoms with Gasteiger partial charge >= 0.3 is 0 Å². The zero-order valence-corrected chi connectivity index (χ0v) is 22.2. The molecule has 5 rings (SSSR count). The number of nitrogens with zero attached hydrogens (tertiary/aromatic N) is 2. The number of aryl methyl sites for hydroxylation is 1. The SMILES string of the molecule is Br.CC(C)(C)c1cc(C(=O)Cn2c(=N)n(Cc3ccccc3)c3ccccc32)cc2c1OCCC2. The molecule has 0 aliphatic carbocycles. The molecule has 0 atom stereocenters. The first kappa shape index (κ1) is 25.0. The molecular weight excluding hydrogens is 502 g/mol. The van der Waals surface area contributed by atoms with E-state index in [4.69, 9.17) is 10.1 Å². The second-order valence-corrected chi connectivity index (χ2v) is 10.1. The summed E-state index contributed by atoms with van der Waals surface area (Å²) in [6.45, 7) is 7.91. The Morgan fingerprint density at radius 3 is 2.31 bits per heavy atom. The van der Waals surface area contributed by atoms with Crippen LogP contribution < -0.4 is 10.4 Å². The molecule has 0 spiro atoms. The summed E-state index contributed by atoms with van der Waals surface area (Å²) in [6.07, 6.45) is 1.89. The van der Waals surface area contributed by atoms with Crippen molar-refractivity contribution in [2.24, 2.45) is 0 Å². The molecule has 0 unspecified atom stereocenters. The van der Waals surface area contributed by atoms with Crippen LogP contribution >= 0.6 is 17.0 Å². The van der Waals surface area contributed by atoms with Gasteiger partial charge in [-0.1, -0.05) is 63.2 Å². The molecule has 1 N–H and O–H groups in total. The van der Waals surface area contributed by atoms with Crippen molar-refractivity contribution in [3.63, 3.8) is 0 Å². The third kappa shape index (κ3) is 4.85. The van der Waals surface area contributed by atoms with Crippen LogP contribution in [0.5, 0.6) is 5.75 Å². The number of imidazole rings is 1. The Bertz CT molecular complexity index is 1430. The maximum atomic E-state index is 13.6. The summed E-state index contributed by atoms with van der Waals surface area (Å²) in [5.41, 5.74) is 6.07. The number of para-hydroxylation sites is 2. The molecule has 35 heavy (non-hydrogen) atoms. The number of halogens is 1. The molecule has 4 aromatic rings. The standard InChI is InChI=1S/C29H31N3O2.BrH/c1-29(2,3)23-17-22(16-21-12-9-15-34-27(21)23)26(33)19-32-25-14-8-7-13-24(25)31(28(32)30)18-20-10-5-4-6-11-20;/h4-8,10-11,13-14,16-17,30H,9,12,15,18-19H2,1-3H3;1H. The number of benzene rings is 3. The number of carbonyl (C=O) groups is 1. The van der Waals surface area contributed by atoms with Gasteiger partial charge in [0.15, 0.2) is 5.78 Å². The summed E-state index contributed by atoms with van der Waals surface area (Å²) in [7, 11) is 0. The monoisotopic (exact) mass is 533 g/mol. The topological polar surface area (TPSA) is 60.0 Å². The second-order valence-electron chi connectivity index (χ2n) is 10.1. The minimum Gasteiger partial charge on any atom is -0.493 e. The molecule has 1 aliphatic heterocycles. The first-order valence-corrected chi connectivity index (χ1v) is 11.9. The van der Waals surface area contributed by atoms with E-state index in [9.17, 15) is 4.79 Å². The number of hydrogen-bond donors (Lipinski definition) is 1. The van der Waals surface area contributed by atoms with Crippen molar-refractivity contribution in [2.45, 2.75) is 52.1 Å². The molecule has 3 aromatic carbocycles. The second kappa shape index (κ2) is 9.86. The highest BCUT2D eigenvalue weighted by Crippen LogP contribution is 2.38. The van der Waals surface area contributed by atoms with Crippen LogP contribution in [-0.4, -0.2) is 21.5 Å². The third-order valence-electron chi connectivity index (χ3n) is 6.59. The van der Waals surface area contributed by atoms with Crippen molar-refractivity contribution in [1.82, 2.24) is 9.13 Å². The number of ketones is 1. The van der Waals surface area contributed by atoms with E-state index in [0.29, 0.717) is 17.7 Å².